The molecule has 1 unspecified atom stereocenters. The van der Waals surface area contributed by atoms with Gasteiger partial charge in [-0.1, -0.05) is 25.5 Å². The lowest BCUT2D eigenvalue weighted by atomic mass is 10.0. The lowest BCUT2D eigenvalue weighted by molar-refractivity contribution is 0.157. The normalized spacial score (nSPS) is 18.7. The number of benzene rings is 1. The standard InChI is InChI=1S/C19H32N4O2S.HI/c1-5-23-11-7-6-8-17(23)14-22-19(20-3)21-13-16-9-10-18(15(2)12-16)26(4,24)25;/h9-10,12,17H,5-8,11,13-14H2,1-4H3,(H2,20,21,22);1H. The average Bonchev–Trinajstić information content (AvgIpc) is 2.61. The summed E-state index contributed by atoms with van der Waals surface area (Å²) in [5.74, 6) is 0.775. The van der Waals surface area contributed by atoms with Crippen LogP contribution in [-0.2, 0) is 16.4 Å². The molecular weight excluding hydrogens is 475 g/mol. The lowest BCUT2D eigenvalue weighted by Gasteiger charge is -2.35. The first kappa shape index (κ1) is 24.2. The van der Waals surface area contributed by atoms with Crippen LogP contribution in [0.1, 0.15) is 37.3 Å². The molecule has 0 amide bonds. The van der Waals surface area contributed by atoms with Gasteiger partial charge in [-0.15, -0.1) is 24.0 Å². The Morgan fingerprint density at radius 3 is 2.63 bits per heavy atom. The van der Waals surface area contributed by atoms with E-state index >= 15 is 0 Å². The number of nitrogens with one attached hydrogen (secondary N) is 2. The highest BCUT2D eigenvalue weighted by Crippen LogP contribution is 2.17. The number of nitrogens with zero attached hydrogens (tertiary/aromatic N) is 2. The fraction of sp³-hybridized carbons (Fsp3) is 0.632. The highest BCUT2D eigenvalue weighted by molar-refractivity contribution is 14.0. The second-order valence-corrected chi connectivity index (χ2v) is 8.94. The first-order valence-electron chi connectivity index (χ1n) is 9.33. The molecule has 0 radical (unpaired) electrons. The molecule has 1 aliphatic heterocycles. The van der Waals surface area contributed by atoms with Gasteiger partial charge in [0.05, 0.1) is 4.90 Å². The SMILES string of the molecule is CCN1CCCCC1CNC(=NC)NCc1ccc(S(C)(=O)=O)c(C)c1.I. The number of sulfone groups is 1. The smallest absolute Gasteiger partial charge is 0.191 e. The summed E-state index contributed by atoms with van der Waals surface area (Å²) in [6, 6.07) is 6.00. The maximum atomic E-state index is 11.7. The first-order chi connectivity index (χ1) is 12.3. The van der Waals surface area contributed by atoms with E-state index in [1.165, 1.54) is 32.1 Å². The van der Waals surface area contributed by atoms with Gasteiger partial charge in [-0.05, 0) is 50.0 Å². The summed E-state index contributed by atoms with van der Waals surface area (Å²) in [5.41, 5.74) is 1.81. The number of likely N-dealkylation sites (tertiary alicyclic amines) is 1. The molecule has 27 heavy (non-hydrogen) atoms. The van der Waals surface area contributed by atoms with E-state index in [1.807, 2.05) is 19.1 Å². The van der Waals surface area contributed by atoms with Crippen molar-refractivity contribution in [2.45, 2.75) is 50.6 Å². The first-order valence-corrected chi connectivity index (χ1v) is 11.2. The highest BCUT2D eigenvalue weighted by Gasteiger charge is 2.20. The number of halogens is 1. The van der Waals surface area contributed by atoms with E-state index in [4.69, 9.17) is 0 Å². The third-order valence-corrected chi connectivity index (χ3v) is 6.24. The quantitative estimate of drug-likeness (QED) is 0.351. The van der Waals surface area contributed by atoms with Gasteiger partial charge in [-0.25, -0.2) is 8.42 Å². The van der Waals surface area contributed by atoms with E-state index in [0.717, 1.165) is 30.2 Å². The Balaban J connectivity index is 0.00000364. The highest BCUT2D eigenvalue weighted by atomic mass is 127. The molecule has 1 atom stereocenters. The van der Waals surface area contributed by atoms with E-state index in [0.29, 0.717) is 17.5 Å². The maximum absolute atomic E-state index is 11.7. The third kappa shape index (κ3) is 7.23. The van der Waals surface area contributed by atoms with Gasteiger partial charge < -0.3 is 10.6 Å². The number of hydrogen-bond donors (Lipinski definition) is 2. The van der Waals surface area contributed by atoms with Gasteiger partial charge >= 0.3 is 0 Å². The number of guanidine groups is 1. The Hall–Kier alpha value is -0.870. The van der Waals surface area contributed by atoms with Gasteiger partial charge in [-0.2, -0.15) is 0 Å². The number of aliphatic imine (C=N–C) groups is 1. The molecule has 8 heteroatoms. The summed E-state index contributed by atoms with van der Waals surface area (Å²) in [7, 11) is -1.41. The van der Waals surface area contributed by atoms with Crippen molar-refractivity contribution in [3.63, 3.8) is 0 Å². The van der Waals surface area contributed by atoms with Crippen LogP contribution in [0.3, 0.4) is 0 Å². The molecule has 1 saturated heterocycles. The van der Waals surface area contributed by atoms with Crippen molar-refractivity contribution in [1.82, 2.24) is 15.5 Å². The predicted molar refractivity (Wildman–Crippen MR) is 123 cm³/mol. The molecule has 1 aromatic rings. The predicted octanol–water partition coefficient (Wildman–Crippen LogP) is 2.56. The summed E-state index contributed by atoms with van der Waals surface area (Å²) in [4.78, 5) is 7.21. The van der Waals surface area contributed by atoms with Gasteiger partial charge in [0, 0.05) is 32.4 Å². The summed E-state index contributed by atoms with van der Waals surface area (Å²) >= 11 is 0. The molecule has 2 N–H and O–H groups in total. The Bertz CT molecular complexity index is 737. The number of aryl methyl sites for hydroxylation is 1. The molecule has 0 spiro atoms. The minimum absolute atomic E-state index is 0. The van der Waals surface area contributed by atoms with Crippen LogP contribution in [0.4, 0.5) is 0 Å². The van der Waals surface area contributed by atoms with Gasteiger partial charge in [-0.3, -0.25) is 9.89 Å². The molecule has 6 nitrogen and oxygen atoms in total. The summed E-state index contributed by atoms with van der Waals surface area (Å²) in [6.45, 7) is 7.81. The van der Waals surface area contributed by atoms with Crippen LogP contribution in [0.25, 0.3) is 0 Å². The van der Waals surface area contributed by atoms with Crippen molar-refractivity contribution < 1.29 is 8.42 Å². The van der Waals surface area contributed by atoms with Crippen molar-refractivity contribution in [1.29, 1.82) is 0 Å². The van der Waals surface area contributed by atoms with E-state index in [-0.39, 0.29) is 24.0 Å². The van der Waals surface area contributed by atoms with Crippen molar-refractivity contribution in [3.05, 3.63) is 29.3 Å². The Morgan fingerprint density at radius 1 is 1.30 bits per heavy atom. The molecule has 0 aromatic heterocycles. The molecule has 0 saturated carbocycles. The summed E-state index contributed by atoms with van der Waals surface area (Å²) in [6.07, 6.45) is 5.05. The largest absolute Gasteiger partial charge is 0.355 e. The van der Waals surface area contributed by atoms with Crippen LogP contribution in [0.15, 0.2) is 28.1 Å². The third-order valence-electron chi connectivity index (χ3n) is 4.98. The van der Waals surface area contributed by atoms with Crippen molar-refractivity contribution in [3.8, 4) is 0 Å². The summed E-state index contributed by atoms with van der Waals surface area (Å²) in [5, 5.41) is 6.74. The molecule has 1 aliphatic rings. The lowest BCUT2D eigenvalue weighted by Crippen LogP contribution is -2.48. The Kier molecular flexibility index (Phi) is 10.0. The van der Waals surface area contributed by atoms with Crippen LogP contribution in [0.5, 0.6) is 0 Å². The van der Waals surface area contributed by atoms with Crippen LogP contribution in [-0.4, -0.2) is 58.3 Å². The minimum Gasteiger partial charge on any atom is -0.355 e. The number of hydrogen-bond acceptors (Lipinski definition) is 4. The van der Waals surface area contributed by atoms with Gasteiger partial charge in [0.2, 0.25) is 0 Å². The summed E-state index contributed by atoms with van der Waals surface area (Å²) < 4.78 is 23.4. The maximum Gasteiger partial charge on any atom is 0.191 e. The van der Waals surface area contributed by atoms with Crippen LogP contribution in [0.2, 0.25) is 0 Å². The molecule has 154 valence electrons. The number of likely N-dealkylation sites (N-methyl/N-ethyl adjacent to an activating group) is 1. The molecule has 1 aromatic carbocycles. The van der Waals surface area contributed by atoms with Crippen LogP contribution < -0.4 is 10.6 Å². The molecule has 1 fully saturated rings. The van der Waals surface area contributed by atoms with Crippen molar-refractivity contribution >= 4 is 39.8 Å². The Morgan fingerprint density at radius 2 is 2.04 bits per heavy atom. The number of rotatable bonds is 6. The van der Waals surface area contributed by atoms with E-state index < -0.39 is 9.84 Å². The molecule has 0 bridgehead atoms. The second-order valence-electron chi connectivity index (χ2n) is 6.96. The molecule has 1 heterocycles. The minimum atomic E-state index is -3.18. The zero-order valence-electron chi connectivity index (χ0n) is 16.8. The Labute approximate surface area is 181 Å². The van der Waals surface area contributed by atoms with E-state index in [1.54, 1.807) is 13.1 Å². The van der Waals surface area contributed by atoms with E-state index in [2.05, 4.69) is 27.4 Å². The van der Waals surface area contributed by atoms with Crippen molar-refractivity contribution in [2.75, 3.05) is 32.9 Å². The van der Waals surface area contributed by atoms with E-state index in [9.17, 15) is 8.42 Å². The fourth-order valence-corrected chi connectivity index (χ4v) is 4.52. The topological polar surface area (TPSA) is 73.8 Å². The number of piperidine rings is 1. The van der Waals surface area contributed by atoms with Gasteiger partial charge in [0.15, 0.2) is 15.8 Å². The molecule has 2 rings (SSSR count). The van der Waals surface area contributed by atoms with Gasteiger partial charge in [0.1, 0.15) is 0 Å². The van der Waals surface area contributed by atoms with Crippen molar-refractivity contribution in [2.24, 2.45) is 4.99 Å². The van der Waals surface area contributed by atoms with Crippen LogP contribution in [0, 0.1) is 6.92 Å². The monoisotopic (exact) mass is 508 g/mol. The molecular formula is C19H33IN4O2S. The zero-order valence-corrected chi connectivity index (χ0v) is 19.9. The van der Waals surface area contributed by atoms with Gasteiger partial charge in [0.25, 0.3) is 0 Å². The van der Waals surface area contributed by atoms with Crippen LogP contribution >= 0.6 is 24.0 Å². The second kappa shape index (κ2) is 11.2. The average molecular weight is 508 g/mol. The zero-order chi connectivity index (χ0) is 19.2. The fourth-order valence-electron chi connectivity index (χ4n) is 3.57. The molecule has 0 aliphatic carbocycles.